The monoisotopic (exact) mass is 386 g/mol. The normalized spacial score (nSPS) is 18.7. The van der Waals surface area contributed by atoms with Crippen LogP contribution < -0.4 is 4.74 Å². The van der Waals surface area contributed by atoms with E-state index in [1.807, 2.05) is 0 Å². The fourth-order valence-corrected chi connectivity index (χ4v) is 4.15. The third kappa shape index (κ3) is 2.48. The predicted molar refractivity (Wildman–Crippen MR) is 93.1 cm³/mol. The molecule has 5 rings (SSSR count). The van der Waals surface area contributed by atoms with Crippen LogP contribution in [0.3, 0.4) is 0 Å². The first kappa shape index (κ1) is 16.9. The SMILES string of the molecule is O=C1c2ccccc2C(=O)N1C1Cc2[nH]c3ccc(OC(F)(F)F)cc3c2C1. The van der Waals surface area contributed by atoms with E-state index >= 15 is 0 Å². The van der Waals surface area contributed by atoms with E-state index < -0.39 is 6.36 Å². The van der Waals surface area contributed by atoms with Crippen molar-refractivity contribution in [3.05, 3.63) is 64.8 Å². The Hall–Kier alpha value is -3.29. The molecule has 8 heteroatoms. The highest BCUT2D eigenvalue weighted by Crippen LogP contribution is 2.37. The van der Waals surface area contributed by atoms with Gasteiger partial charge in [0.25, 0.3) is 11.8 Å². The second-order valence-electron chi connectivity index (χ2n) is 6.93. The summed E-state index contributed by atoms with van der Waals surface area (Å²) < 4.78 is 41.5. The van der Waals surface area contributed by atoms with Crippen LogP contribution in [0, 0.1) is 0 Å². The van der Waals surface area contributed by atoms with Gasteiger partial charge in [0.2, 0.25) is 0 Å². The summed E-state index contributed by atoms with van der Waals surface area (Å²) in [7, 11) is 0. The van der Waals surface area contributed by atoms with E-state index in [4.69, 9.17) is 0 Å². The Bertz CT molecular complexity index is 1110. The van der Waals surface area contributed by atoms with Crippen molar-refractivity contribution in [2.24, 2.45) is 0 Å². The van der Waals surface area contributed by atoms with Gasteiger partial charge in [-0.05, 0) is 42.3 Å². The first-order chi connectivity index (χ1) is 13.3. The van der Waals surface area contributed by atoms with Gasteiger partial charge in [-0.1, -0.05) is 12.1 Å². The highest BCUT2D eigenvalue weighted by molar-refractivity contribution is 6.21. The molecule has 2 aromatic carbocycles. The Labute approximate surface area is 156 Å². The molecule has 2 aliphatic rings. The van der Waals surface area contributed by atoms with Crippen LogP contribution in [0.2, 0.25) is 0 Å². The molecule has 1 aliphatic carbocycles. The molecule has 28 heavy (non-hydrogen) atoms. The van der Waals surface area contributed by atoms with Crippen LogP contribution in [-0.4, -0.2) is 34.1 Å². The number of hydrogen-bond donors (Lipinski definition) is 1. The van der Waals surface area contributed by atoms with Crippen LogP contribution >= 0.6 is 0 Å². The standard InChI is InChI=1S/C20H13F3N2O3/c21-20(22,23)28-11-5-6-16-15(9-11)14-7-10(8-17(14)24-16)25-18(26)12-3-1-2-4-13(12)19(25)27/h1-6,9-10,24H,7-8H2. The van der Waals surface area contributed by atoms with Gasteiger partial charge in [0, 0.05) is 29.1 Å². The number of aromatic amines is 1. The van der Waals surface area contributed by atoms with E-state index in [1.165, 1.54) is 23.1 Å². The van der Waals surface area contributed by atoms with Crippen LogP contribution in [0.25, 0.3) is 10.9 Å². The largest absolute Gasteiger partial charge is 0.573 e. The van der Waals surface area contributed by atoms with Crippen LogP contribution in [0.15, 0.2) is 42.5 Å². The van der Waals surface area contributed by atoms with Gasteiger partial charge in [-0.15, -0.1) is 13.2 Å². The van der Waals surface area contributed by atoms with Gasteiger partial charge < -0.3 is 9.72 Å². The zero-order chi connectivity index (χ0) is 19.6. The Morgan fingerprint density at radius 2 is 1.68 bits per heavy atom. The van der Waals surface area contributed by atoms with Crippen molar-refractivity contribution in [2.75, 3.05) is 0 Å². The maximum absolute atomic E-state index is 12.7. The topological polar surface area (TPSA) is 62.4 Å². The van der Waals surface area contributed by atoms with E-state index in [1.54, 1.807) is 24.3 Å². The molecule has 0 radical (unpaired) electrons. The molecular formula is C20H13F3N2O3. The van der Waals surface area contributed by atoms with Crippen molar-refractivity contribution in [1.29, 1.82) is 0 Å². The number of hydrogen-bond acceptors (Lipinski definition) is 3. The van der Waals surface area contributed by atoms with E-state index in [0.29, 0.717) is 34.9 Å². The molecule has 0 bridgehead atoms. The molecule has 0 spiro atoms. The summed E-state index contributed by atoms with van der Waals surface area (Å²) in [5.74, 6) is -0.965. The number of carbonyl (C=O) groups is 2. The molecule has 2 heterocycles. The fourth-order valence-electron chi connectivity index (χ4n) is 4.15. The van der Waals surface area contributed by atoms with E-state index in [9.17, 15) is 22.8 Å². The van der Waals surface area contributed by atoms with Gasteiger partial charge in [-0.2, -0.15) is 0 Å². The van der Waals surface area contributed by atoms with Crippen LogP contribution in [0.5, 0.6) is 5.75 Å². The lowest BCUT2D eigenvalue weighted by molar-refractivity contribution is -0.274. The van der Waals surface area contributed by atoms with Gasteiger partial charge in [-0.3, -0.25) is 14.5 Å². The van der Waals surface area contributed by atoms with Crippen molar-refractivity contribution < 1.29 is 27.5 Å². The van der Waals surface area contributed by atoms with Gasteiger partial charge in [-0.25, -0.2) is 0 Å². The predicted octanol–water partition coefficient (Wildman–Crippen LogP) is 3.83. The number of ether oxygens (including phenoxy) is 1. The van der Waals surface area contributed by atoms with Crippen molar-refractivity contribution in [1.82, 2.24) is 9.88 Å². The van der Waals surface area contributed by atoms with Gasteiger partial charge >= 0.3 is 6.36 Å². The average molecular weight is 386 g/mol. The summed E-state index contributed by atoms with van der Waals surface area (Å²) in [5.41, 5.74) is 3.09. The zero-order valence-electron chi connectivity index (χ0n) is 14.3. The summed E-state index contributed by atoms with van der Waals surface area (Å²) in [6.45, 7) is 0. The molecular weight excluding hydrogens is 373 g/mol. The minimum Gasteiger partial charge on any atom is -0.406 e. The zero-order valence-corrected chi connectivity index (χ0v) is 14.3. The van der Waals surface area contributed by atoms with Gasteiger partial charge in [0.15, 0.2) is 0 Å². The number of rotatable bonds is 2. The first-order valence-electron chi connectivity index (χ1n) is 8.68. The highest BCUT2D eigenvalue weighted by Gasteiger charge is 2.42. The lowest BCUT2D eigenvalue weighted by Crippen LogP contribution is -2.40. The third-order valence-electron chi connectivity index (χ3n) is 5.27. The number of imide groups is 1. The molecule has 1 N–H and O–H groups in total. The minimum atomic E-state index is -4.77. The van der Waals surface area contributed by atoms with Crippen molar-refractivity contribution in [3.63, 3.8) is 0 Å². The minimum absolute atomic E-state index is 0.300. The quantitative estimate of drug-likeness (QED) is 0.681. The first-order valence-corrected chi connectivity index (χ1v) is 8.68. The Morgan fingerprint density at radius 1 is 1.00 bits per heavy atom. The molecule has 0 saturated heterocycles. The number of carbonyl (C=O) groups excluding carboxylic acids is 2. The molecule has 5 nitrogen and oxygen atoms in total. The maximum Gasteiger partial charge on any atom is 0.573 e. The summed E-state index contributed by atoms with van der Waals surface area (Å²) >= 11 is 0. The Morgan fingerprint density at radius 3 is 2.32 bits per heavy atom. The number of amides is 2. The van der Waals surface area contributed by atoms with E-state index in [0.717, 1.165) is 11.3 Å². The number of aromatic nitrogens is 1. The molecule has 1 aliphatic heterocycles. The molecule has 1 unspecified atom stereocenters. The lowest BCUT2D eigenvalue weighted by atomic mass is 10.1. The highest BCUT2D eigenvalue weighted by atomic mass is 19.4. The molecule has 3 aromatic rings. The van der Waals surface area contributed by atoms with Crippen LogP contribution in [0.4, 0.5) is 13.2 Å². The maximum atomic E-state index is 12.7. The molecule has 0 saturated carbocycles. The average Bonchev–Trinajstić information content (AvgIpc) is 3.25. The smallest absolute Gasteiger partial charge is 0.406 e. The summed E-state index contributed by atoms with van der Waals surface area (Å²) in [6.07, 6.45) is -3.95. The number of H-pyrrole nitrogens is 1. The van der Waals surface area contributed by atoms with E-state index in [-0.39, 0.29) is 23.6 Å². The van der Waals surface area contributed by atoms with Crippen molar-refractivity contribution in [2.45, 2.75) is 25.2 Å². The molecule has 142 valence electrons. The van der Waals surface area contributed by atoms with Crippen molar-refractivity contribution >= 4 is 22.7 Å². The van der Waals surface area contributed by atoms with Gasteiger partial charge in [0.1, 0.15) is 5.75 Å². The second kappa shape index (κ2) is 5.60. The Kier molecular flexibility index (Phi) is 3.37. The number of alkyl halides is 3. The summed E-state index contributed by atoms with van der Waals surface area (Å²) in [6, 6.07) is 10.4. The summed E-state index contributed by atoms with van der Waals surface area (Å²) in [5, 5.41) is 0.607. The molecule has 2 amide bonds. The number of nitrogens with one attached hydrogen (secondary N) is 1. The molecule has 0 fully saturated rings. The Balaban J connectivity index is 1.47. The second-order valence-corrected chi connectivity index (χ2v) is 6.93. The molecule has 1 atom stereocenters. The number of fused-ring (bicyclic) bond motifs is 4. The summed E-state index contributed by atoms with van der Waals surface area (Å²) in [4.78, 5) is 29.8. The van der Waals surface area contributed by atoms with Crippen molar-refractivity contribution in [3.8, 4) is 5.75 Å². The van der Waals surface area contributed by atoms with E-state index in [2.05, 4.69) is 9.72 Å². The lowest BCUT2D eigenvalue weighted by Gasteiger charge is -2.21. The van der Waals surface area contributed by atoms with Crippen LogP contribution in [-0.2, 0) is 12.8 Å². The fraction of sp³-hybridized carbons (Fsp3) is 0.200. The van der Waals surface area contributed by atoms with Gasteiger partial charge in [0.05, 0.1) is 11.1 Å². The van der Waals surface area contributed by atoms with Crippen LogP contribution in [0.1, 0.15) is 32.0 Å². The molecule has 1 aromatic heterocycles. The third-order valence-corrected chi connectivity index (χ3v) is 5.27. The number of benzene rings is 2. The number of nitrogens with zero attached hydrogens (tertiary/aromatic N) is 1. The number of halogens is 3.